The minimum atomic E-state index is -4.64. The van der Waals surface area contributed by atoms with Gasteiger partial charge in [0.25, 0.3) is 0 Å². The van der Waals surface area contributed by atoms with Crippen molar-refractivity contribution in [1.29, 1.82) is 0 Å². The van der Waals surface area contributed by atoms with Gasteiger partial charge in [-0.3, -0.25) is 4.90 Å². The number of hydrogen-bond donors (Lipinski definition) is 1. The Bertz CT molecular complexity index is 439. The van der Waals surface area contributed by atoms with Gasteiger partial charge < -0.3 is 5.32 Å². The van der Waals surface area contributed by atoms with Gasteiger partial charge in [-0.05, 0) is 24.6 Å². The molecule has 1 atom stereocenters. The Morgan fingerprint density at radius 1 is 1.21 bits per heavy atom. The van der Waals surface area contributed by atoms with Crippen LogP contribution in [0.25, 0.3) is 0 Å². The molecule has 0 unspecified atom stereocenters. The fourth-order valence-corrected chi connectivity index (χ4v) is 2.30. The highest BCUT2D eigenvalue weighted by atomic mass is 19.4. The average Bonchev–Trinajstić information content (AvgIpc) is 2.37. The van der Waals surface area contributed by atoms with Crippen molar-refractivity contribution in [3.8, 4) is 0 Å². The van der Waals surface area contributed by atoms with E-state index in [4.69, 9.17) is 0 Å². The van der Waals surface area contributed by atoms with Crippen LogP contribution >= 0.6 is 0 Å². The lowest BCUT2D eigenvalue weighted by atomic mass is 10.0. The molecular weight excluding hydrogens is 260 g/mol. The molecule has 1 aliphatic rings. The van der Waals surface area contributed by atoms with E-state index in [2.05, 4.69) is 10.2 Å². The molecule has 1 aromatic carbocycles. The molecule has 0 aromatic heterocycles. The van der Waals surface area contributed by atoms with Gasteiger partial charge in [0.2, 0.25) is 0 Å². The standard InChI is InChI=1S/C13H16F4N2/c1-9(19-6-4-18-5-7-19)10-2-3-11(12(14)8-10)13(15,16)17/h2-3,8-9,18H,4-7H2,1H3/t9-/m0/s1. The second kappa shape index (κ2) is 5.46. The summed E-state index contributed by atoms with van der Waals surface area (Å²) in [6.07, 6.45) is -4.64. The highest BCUT2D eigenvalue weighted by Crippen LogP contribution is 2.33. The molecule has 0 amide bonds. The Balaban J connectivity index is 2.19. The molecule has 19 heavy (non-hydrogen) atoms. The van der Waals surface area contributed by atoms with Crippen molar-refractivity contribution in [3.63, 3.8) is 0 Å². The first-order valence-electron chi connectivity index (χ1n) is 6.21. The lowest BCUT2D eigenvalue weighted by Gasteiger charge is -2.33. The molecule has 1 fully saturated rings. The molecule has 0 bridgehead atoms. The van der Waals surface area contributed by atoms with Gasteiger partial charge in [0.05, 0.1) is 5.56 Å². The molecule has 0 spiro atoms. The molecule has 1 heterocycles. The number of nitrogens with one attached hydrogen (secondary N) is 1. The molecule has 6 heteroatoms. The zero-order valence-corrected chi connectivity index (χ0v) is 10.6. The fraction of sp³-hybridized carbons (Fsp3) is 0.538. The number of benzene rings is 1. The first kappa shape index (κ1) is 14.3. The third kappa shape index (κ3) is 3.25. The quantitative estimate of drug-likeness (QED) is 0.836. The minimum absolute atomic E-state index is 0.0844. The SMILES string of the molecule is C[C@@H](c1ccc(C(F)(F)F)c(F)c1)N1CCNCC1. The normalized spacial score (nSPS) is 19.4. The van der Waals surface area contributed by atoms with Crippen molar-refractivity contribution in [1.82, 2.24) is 10.2 Å². The van der Waals surface area contributed by atoms with E-state index in [9.17, 15) is 17.6 Å². The number of rotatable bonds is 2. The zero-order chi connectivity index (χ0) is 14.0. The lowest BCUT2D eigenvalue weighted by Crippen LogP contribution is -2.44. The van der Waals surface area contributed by atoms with Crippen LogP contribution in [-0.2, 0) is 6.18 Å². The van der Waals surface area contributed by atoms with Crippen LogP contribution in [0.3, 0.4) is 0 Å². The van der Waals surface area contributed by atoms with E-state index < -0.39 is 17.6 Å². The number of nitrogens with zero attached hydrogens (tertiary/aromatic N) is 1. The van der Waals surface area contributed by atoms with Gasteiger partial charge >= 0.3 is 6.18 Å². The van der Waals surface area contributed by atoms with Gasteiger partial charge in [0.15, 0.2) is 0 Å². The first-order chi connectivity index (χ1) is 8.89. The highest BCUT2D eigenvalue weighted by Gasteiger charge is 2.34. The van der Waals surface area contributed by atoms with Crippen LogP contribution in [0.15, 0.2) is 18.2 Å². The number of hydrogen-bond acceptors (Lipinski definition) is 2. The van der Waals surface area contributed by atoms with E-state index in [1.165, 1.54) is 6.07 Å². The number of halogens is 4. The molecular formula is C13H16F4N2. The Kier molecular flexibility index (Phi) is 4.10. The van der Waals surface area contributed by atoms with Crippen molar-refractivity contribution in [2.24, 2.45) is 0 Å². The summed E-state index contributed by atoms with van der Waals surface area (Å²) in [5.74, 6) is -1.20. The predicted molar refractivity (Wildman–Crippen MR) is 64.3 cm³/mol. The molecule has 2 nitrogen and oxygen atoms in total. The average molecular weight is 276 g/mol. The third-order valence-corrected chi connectivity index (χ3v) is 3.48. The van der Waals surface area contributed by atoms with Crippen LogP contribution in [0.1, 0.15) is 24.1 Å². The van der Waals surface area contributed by atoms with Gasteiger partial charge in [0, 0.05) is 32.2 Å². The third-order valence-electron chi connectivity index (χ3n) is 3.48. The van der Waals surface area contributed by atoms with Crippen LogP contribution < -0.4 is 5.32 Å². The maximum Gasteiger partial charge on any atom is 0.419 e. The summed E-state index contributed by atoms with van der Waals surface area (Å²) in [6, 6.07) is 3.09. The largest absolute Gasteiger partial charge is 0.419 e. The molecule has 0 radical (unpaired) electrons. The Morgan fingerprint density at radius 2 is 1.84 bits per heavy atom. The summed E-state index contributed by atoms with van der Waals surface area (Å²) in [6.45, 7) is 5.18. The lowest BCUT2D eigenvalue weighted by molar-refractivity contribution is -0.140. The van der Waals surface area contributed by atoms with Crippen LogP contribution in [0, 0.1) is 5.82 Å². The molecule has 1 N–H and O–H groups in total. The highest BCUT2D eigenvalue weighted by molar-refractivity contribution is 5.28. The Labute approximate surface area is 109 Å². The van der Waals surface area contributed by atoms with Crippen molar-refractivity contribution in [2.45, 2.75) is 19.1 Å². The second-order valence-corrected chi connectivity index (χ2v) is 4.70. The van der Waals surface area contributed by atoms with Crippen LogP contribution in [0.2, 0.25) is 0 Å². The zero-order valence-electron chi connectivity index (χ0n) is 10.6. The van der Waals surface area contributed by atoms with E-state index in [1.807, 2.05) is 6.92 Å². The molecule has 1 aromatic rings. The number of piperazine rings is 1. The van der Waals surface area contributed by atoms with Crippen LogP contribution in [0.4, 0.5) is 17.6 Å². The van der Waals surface area contributed by atoms with Crippen LogP contribution in [-0.4, -0.2) is 31.1 Å². The van der Waals surface area contributed by atoms with Crippen molar-refractivity contribution in [2.75, 3.05) is 26.2 Å². The fourth-order valence-electron chi connectivity index (χ4n) is 2.30. The van der Waals surface area contributed by atoms with Crippen molar-refractivity contribution >= 4 is 0 Å². The van der Waals surface area contributed by atoms with Gasteiger partial charge in [-0.2, -0.15) is 13.2 Å². The maximum atomic E-state index is 13.5. The predicted octanol–water partition coefficient (Wildman–Crippen LogP) is 2.81. The summed E-state index contributed by atoms with van der Waals surface area (Å²) in [5, 5.41) is 3.20. The molecule has 1 saturated heterocycles. The summed E-state index contributed by atoms with van der Waals surface area (Å²) in [7, 11) is 0. The first-order valence-corrected chi connectivity index (χ1v) is 6.21. The van der Waals surface area contributed by atoms with Gasteiger partial charge in [0.1, 0.15) is 5.82 Å². The van der Waals surface area contributed by atoms with E-state index in [1.54, 1.807) is 0 Å². The van der Waals surface area contributed by atoms with Crippen molar-refractivity contribution < 1.29 is 17.6 Å². The summed E-state index contributed by atoms with van der Waals surface area (Å²) in [5.41, 5.74) is -0.629. The molecule has 106 valence electrons. The van der Waals surface area contributed by atoms with Crippen molar-refractivity contribution in [3.05, 3.63) is 35.1 Å². The smallest absolute Gasteiger partial charge is 0.314 e. The molecule has 0 aliphatic carbocycles. The monoisotopic (exact) mass is 276 g/mol. The second-order valence-electron chi connectivity index (χ2n) is 4.70. The van der Waals surface area contributed by atoms with Crippen LogP contribution in [0.5, 0.6) is 0 Å². The van der Waals surface area contributed by atoms with Gasteiger partial charge in [-0.15, -0.1) is 0 Å². The molecule has 1 aliphatic heterocycles. The van der Waals surface area contributed by atoms with E-state index in [-0.39, 0.29) is 6.04 Å². The molecule has 2 rings (SSSR count). The van der Waals surface area contributed by atoms with E-state index in [0.29, 0.717) is 5.56 Å². The van der Waals surface area contributed by atoms with Gasteiger partial charge in [-0.1, -0.05) is 6.07 Å². The minimum Gasteiger partial charge on any atom is -0.314 e. The Morgan fingerprint density at radius 3 is 2.37 bits per heavy atom. The summed E-state index contributed by atoms with van der Waals surface area (Å²) < 4.78 is 51.0. The topological polar surface area (TPSA) is 15.3 Å². The summed E-state index contributed by atoms with van der Waals surface area (Å²) in [4.78, 5) is 2.12. The summed E-state index contributed by atoms with van der Waals surface area (Å²) >= 11 is 0. The molecule has 0 saturated carbocycles. The maximum absolute atomic E-state index is 13.5. The number of alkyl halides is 3. The van der Waals surface area contributed by atoms with E-state index >= 15 is 0 Å². The van der Waals surface area contributed by atoms with E-state index in [0.717, 1.165) is 38.3 Å². The van der Waals surface area contributed by atoms with Gasteiger partial charge in [-0.25, -0.2) is 4.39 Å². The Hall–Kier alpha value is -1.14.